The molecule has 0 bridgehead atoms. The van der Waals surface area contributed by atoms with Gasteiger partial charge in [0.05, 0.1) is 18.6 Å². The maximum absolute atomic E-state index is 12.9. The normalized spacial score (nSPS) is 15.5. The van der Waals surface area contributed by atoms with Crippen LogP contribution in [0.3, 0.4) is 0 Å². The Kier molecular flexibility index (Phi) is 7.06. The highest BCUT2D eigenvalue weighted by Gasteiger charge is 2.31. The van der Waals surface area contributed by atoms with E-state index >= 15 is 0 Å². The molecular weight excluding hydrogens is 347 g/mol. The fourth-order valence-corrected chi connectivity index (χ4v) is 3.29. The quantitative estimate of drug-likeness (QED) is 0.711. The predicted molar refractivity (Wildman–Crippen MR) is 90.4 cm³/mol. The van der Waals surface area contributed by atoms with Crippen LogP contribution in [0.5, 0.6) is 0 Å². The van der Waals surface area contributed by atoms with E-state index in [0.29, 0.717) is 0 Å². The predicted octanol–water partition coefficient (Wildman–Crippen LogP) is 3.97. The summed E-state index contributed by atoms with van der Waals surface area (Å²) >= 11 is 0. The summed E-state index contributed by atoms with van der Waals surface area (Å²) < 4.78 is 43.5. The van der Waals surface area contributed by atoms with Crippen LogP contribution >= 0.6 is 0 Å². The minimum absolute atomic E-state index is 0.0635. The Bertz CT molecular complexity index is 625. The van der Waals surface area contributed by atoms with Gasteiger partial charge in [-0.05, 0) is 31.4 Å². The minimum atomic E-state index is -4.45. The van der Waals surface area contributed by atoms with Crippen molar-refractivity contribution in [3.63, 3.8) is 0 Å². The summed E-state index contributed by atoms with van der Waals surface area (Å²) in [5.74, 6) is -0.834. The molecule has 0 atom stereocenters. The molecule has 1 aliphatic rings. The molecule has 26 heavy (non-hydrogen) atoms. The Morgan fingerprint density at radius 3 is 2.50 bits per heavy atom. The number of hydrogen-bond donors (Lipinski definition) is 0. The summed E-state index contributed by atoms with van der Waals surface area (Å²) in [4.78, 5) is 26.1. The lowest BCUT2D eigenvalue weighted by molar-refractivity contribution is -0.150. The lowest BCUT2D eigenvalue weighted by atomic mass is 9.93. The first-order valence-electron chi connectivity index (χ1n) is 8.92. The van der Waals surface area contributed by atoms with Gasteiger partial charge in [0.2, 0.25) is 5.91 Å². The van der Waals surface area contributed by atoms with Gasteiger partial charge in [-0.25, -0.2) is 0 Å². The van der Waals surface area contributed by atoms with E-state index in [0.717, 1.165) is 44.2 Å². The number of amides is 1. The van der Waals surface area contributed by atoms with E-state index in [1.54, 1.807) is 6.92 Å². The molecule has 1 fully saturated rings. The zero-order chi connectivity index (χ0) is 19.2. The van der Waals surface area contributed by atoms with Crippen molar-refractivity contribution in [2.24, 2.45) is 0 Å². The molecule has 0 N–H and O–H groups in total. The molecule has 0 spiro atoms. The highest BCUT2D eigenvalue weighted by molar-refractivity contribution is 5.84. The zero-order valence-electron chi connectivity index (χ0n) is 14.8. The standard InChI is InChI=1S/C19H24F3NO3/c1-2-26-18(25)13-23(16-9-4-3-5-10-16)17(24)12-14-7-6-8-15(11-14)19(20,21)22/h6-8,11,16H,2-5,9-10,12-13H2,1H3. The molecule has 4 nitrogen and oxygen atoms in total. The van der Waals surface area contributed by atoms with E-state index in [1.165, 1.54) is 17.0 Å². The largest absolute Gasteiger partial charge is 0.465 e. The molecular formula is C19H24F3NO3. The van der Waals surface area contributed by atoms with Gasteiger partial charge in [-0.3, -0.25) is 9.59 Å². The summed E-state index contributed by atoms with van der Waals surface area (Å²) in [7, 11) is 0. The molecule has 2 rings (SSSR count). The SMILES string of the molecule is CCOC(=O)CN(C(=O)Cc1cccc(C(F)(F)F)c1)C1CCCCC1. The average Bonchev–Trinajstić information content (AvgIpc) is 2.60. The summed E-state index contributed by atoms with van der Waals surface area (Å²) in [5, 5.41) is 0. The Balaban J connectivity index is 2.13. The van der Waals surface area contributed by atoms with Gasteiger partial charge in [0.25, 0.3) is 0 Å². The second-order valence-electron chi connectivity index (χ2n) is 6.49. The van der Waals surface area contributed by atoms with E-state index in [9.17, 15) is 22.8 Å². The number of ether oxygens (including phenoxy) is 1. The Hall–Kier alpha value is -2.05. The van der Waals surface area contributed by atoms with Crippen LogP contribution in [0, 0.1) is 0 Å². The fourth-order valence-electron chi connectivity index (χ4n) is 3.29. The first-order chi connectivity index (χ1) is 12.3. The monoisotopic (exact) mass is 371 g/mol. The van der Waals surface area contributed by atoms with Crippen LogP contribution in [0.25, 0.3) is 0 Å². The third kappa shape index (κ3) is 5.75. The van der Waals surface area contributed by atoms with E-state index in [-0.39, 0.29) is 37.1 Å². The summed E-state index contributed by atoms with van der Waals surface area (Å²) in [6, 6.07) is 4.69. The number of halogens is 3. The van der Waals surface area contributed by atoms with Gasteiger partial charge >= 0.3 is 12.1 Å². The van der Waals surface area contributed by atoms with Gasteiger partial charge in [0, 0.05) is 6.04 Å². The number of nitrogens with zero attached hydrogens (tertiary/aromatic N) is 1. The molecule has 144 valence electrons. The lowest BCUT2D eigenvalue weighted by Gasteiger charge is -2.33. The zero-order valence-corrected chi connectivity index (χ0v) is 14.8. The molecule has 0 heterocycles. The van der Waals surface area contributed by atoms with Crippen molar-refractivity contribution in [1.29, 1.82) is 0 Å². The van der Waals surface area contributed by atoms with Crippen molar-refractivity contribution in [1.82, 2.24) is 4.90 Å². The number of rotatable bonds is 6. The van der Waals surface area contributed by atoms with E-state index in [1.807, 2.05) is 0 Å². The van der Waals surface area contributed by atoms with E-state index in [4.69, 9.17) is 4.74 Å². The van der Waals surface area contributed by atoms with Crippen LogP contribution in [0.1, 0.15) is 50.2 Å². The van der Waals surface area contributed by atoms with Crippen molar-refractivity contribution in [2.45, 2.75) is 57.7 Å². The third-order valence-corrected chi connectivity index (χ3v) is 4.55. The number of esters is 1. The van der Waals surface area contributed by atoms with Crippen LogP contribution in [0.2, 0.25) is 0 Å². The van der Waals surface area contributed by atoms with Gasteiger partial charge < -0.3 is 9.64 Å². The number of carbonyl (C=O) groups is 2. The number of carbonyl (C=O) groups excluding carboxylic acids is 2. The molecule has 0 saturated heterocycles. The minimum Gasteiger partial charge on any atom is -0.465 e. The maximum atomic E-state index is 12.9. The van der Waals surface area contributed by atoms with Crippen LogP contribution in [-0.2, 0) is 26.9 Å². The summed E-state index contributed by atoms with van der Waals surface area (Å²) in [6.45, 7) is 1.75. The Morgan fingerprint density at radius 2 is 1.88 bits per heavy atom. The number of alkyl halides is 3. The van der Waals surface area contributed by atoms with Crippen LogP contribution in [0.15, 0.2) is 24.3 Å². The van der Waals surface area contributed by atoms with Crippen LogP contribution in [-0.4, -0.2) is 36.0 Å². The summed E-state index contributed by atoms with van der Waals surface area (Å²) in [5.41, 5.74) is -0.494. The highest BCUT2D eigenvalue weighted by atomic mass is 19.4. The van der Waals surface area contributed by atoms with Gasteiger partial charge in [-0.15, -0.1) is 0 Å². The smallest absolute Gasteiger partial charge is 0.416 e. The second kappa shape index (κ2) is 9.05. The first-order valence-corrected chi connectivity index (χ1v) is 8.92. The fraction of sp³-hybridized carbons (Fsp3) is 0.579. The van der Waals surface area contributed by atoms with E-state index in [2.05, 4.69) is 0 Å². The van der Waals surface area contributed by atoms with Crippen molar-refractivity contribution >= 4 is 11.9 Å². The molecule has 0 aromatic heterocycles. The number of benzene rings is 1. The van der Waals surface area contributed by atoms with Crippen molar-refractivity contribution < 1.29 is 27.5 Å². The van der Waals surface area contributed by atoms with Crippen LogP contribution in [0.4, 0.5) is 13.2 Å². The molecule has 0 unspecified atom stereocenters. The maximum Gasteiger partial charge on any atom is 0.416 e. The number of hydrogen-bond acceptors (Lipinski definition) is 3. The summed E-state index contributed by atoms with van der Waals surface area (Å²) in [6.07, 6.45) is 0.0154. The topological polar surface area (TPSA) is 46.6 Å². The second-order valence-corrected chi connectivity index (χ2v) is 6.49. The molecule has 1 saturated carbocycles. The first kappa shape index (κ1) is 20.3. The third-order valence-electron chi connectivity index (χ3n) is 4.55. The molecule has 0 aliphatic heterocycles. The highest BCUT2D eigenvalue weighted by Crippen LogP contribution is 2.30. The Labute approximate surface area is 151 Å². The van der Waals surface area contributed by atoms with Crippen molar-refractivity contribution in [3.05, 3.63) is 35.4 Å². The van der Waals surface area contributed by atoms with Crippen molar-refractivity contribution in [2.75, 3.05) is 13.2 Å². The van der Waals surface area contributed by atoms with Gasteiger partial charge in [-0.2, -0.15) is 13.2 Å². The Morgan fingerprint density at radius 1 is 1.19 bits per heavy atom. The van der Waals surface area contributed by atoms with Gasteiger partial charge in [-0.1, -0.05) is 37.5 Å². The average molecular weight is 371 g/mol. The molecule has 0 radical (unpaired) electrons. The van der Waals surface area contributed by atoms with E-state index < -0.39 is 17.7 Å². The molecule has 1 amide bonds. The van der Waals surface area contributed by atoms with Gasteiger partial charge in [0.1, 0.15) is 6.54 Å². The van der Waals surface area contributed by atoms with Gasteiger partial charge in [0.15, 0.2) is 0 Å². The molecule has 1 aromatic carbocycles. The van der Waals surface area contributed by atoms with Crippen LogP contribution < -0.4 is 0 Å². The lowest BCUT2D eigenvalue weighted by Crippen LogP contribution is -2.45. The molecule has 1 aliphatic carbocycles. The van der Waals surface area contributed by atoms with Crippen molar-refractivity contribution in [3.8, 4) is 0 Å². The molecule has 1 aromatic rings. The molecule has 7 heteroatoms.